The number of hydrogen-bond acceptors (Lipinski definition) is 9. The van der Waals surface area contributed by atoms with Gasteiger partial charge in [0, 0.05) is 49.9 Å². The number of phenols is 2. The highest BCUT2D eigenvalue weighted by molar-refractivity contribution is 5.98. The molecular formula is C36H41N3O8. The second-order valence-corrected chi connectivity index (χ2v) is 11.5. The van der Waals surface area contributed by atoms with E-state index in [1.54, 1.807) is 67.7 Å². The Hall–Kier alpha value is -5.19. The zero-order valence-corrected chi connectivity index (χ0v) is 26.7. The number of aromatic nitrogens is 1. The number of Topliss-reactive ketones (excluding diaryl/α,β-unsaturated/α-hetero) is 1. The van der Waals surface area contributed by atoms with Crippen molar-refractivity contribution in [3.63, 3.8) is 0 Å². The van der Waals surface area contributed by atoms with Gasteiger partial charge in [-0.1, -0.05) is 30.4 Å². The van der Waals surface area contributed by atoms with Crippen molar-refractivity contribution in [2.75, 3.05) is 19.0 Å². The quantitative estimate of drug-likeness (QED) is 0.216. The molecule has 11 heteroatoms. The van der Waals surface area contributed by atoms with Gasteiger partial charge in [0.15, 0.2) is 0 Å². The summed E-state index contributed by atoms with van der Waals surface area (Å²) >= 11 is 0. The summed E-state index contributed by atoms with van der Waals surface area (Å²) in [7, 11) is 1.52. The molecule has 2 atom stereocenters. The molecule has 4 rings (SSSR count). The maximum Gasteiger partial charge on any atom is 0.342 e. The first-order valence-electron chi connectivity index (χ1n) is 15.8. The van der Waals surface area contributed by atoms with Crippen molar-refractivity contribution in [1.29, 1.82) is 0 Å². The zero-order chi connectivity index (χ0) is 33.8. The average molecular weight is 644 g/mol. The number of amides is 2. The number of benzene rings is 2. The van der Waals surface area contributed by atoms with Crippen molar-refractivity contribution in [3.8, 4) is 17.2 Å². The first-order chi connectivity index (χ1) is 22.7. The summed E-state index contributed by atoms with van der Waals surface area (Å²) in [5.41, 5.74) is 0.684. The van der Waals surface area contributed by atoms with Crippen LogP contribution < -0.4 is 15.4 Å². The van der Waals surface area contributed by atoms with Gasteiger partial charge in [-0.3, -0.25) is 14.4 Å². The molecule has 1 unspecified atom stereocenters. The Bertz CT molecular complexity index is 1590. The maximum atomic E-state index is 13.5. The van der Waals surface area contributed by atoms with Gasteiger partial charge < -0.3 is 30.3 Å². The highest BCUT2D eigenvalue weighted by atomic mass is 16.5. The number of fused-ring (bicyclic) bond motifs is 1. The molecule has 0 bridgehead atoms. The first kappa shape index (κ1) is 34.7. The van der Waals surface area contributed by atoms with Gasteiger partial charge in [-0.05, 0) is 74.1 Å². The summed E-state index contributed by atoms with van der Waals surface area (Å²) in [6.45, 7) is 1.76. The lowest BCUT2D eigenvalue weighted by molar-refractivity contribution is -0.121. The molecule has 2 amide bonds. The summed E-state index contributed by atoms with van der Waals surface area (Å²) in [5.74, 6) is -2.12. The van der Waals surface area contributed by atoms with E-state index < -0.39 is 29.6 Å². The van der Waals surface area contributed by atoms with E-state index in [1.807, 2.05) is 0 Å². The minimum atomic E-state index is -0.887. The Morgan fingerprint density at radius 3 is 2.55 bits per heavy atom. The largest absolute Gasteiger partial charge is 0.507 e. The molecule has 4 N–H and O–H groups in total. The van der Waals surface area contributed by atoms with Gasteiger partial charge in [0.05, 0.1) is 13.2 Å². The minimum Gasteiger partial charge on any atom is -0.507 e. The van der Waals surface area contributed by atoms with Gasteiger partial charge in [0.1, 0.15) is 34.4 Å². The third kappa shape index (κ3) is 9.90. The topological polar surface area (TPSA) is 164 Å². The summed E-state index contributed by atoms with van der Waals surface area (Å²) in [6.07, 6.45) is 7.31. The monoisotopic (exact) mass is 643 g/mol. The Kier molecular flexibility index (Phi) is 12.5. The number of esters is 1. The predicted octanol–water partition coefficient (Wildman–Crippen LogP) is 5.65. The van der Waals surface area contributed by atoms with Crippen LogP contribution in [0.4, 0.5) is 5.82 Å². The number of carbonyl (C=O) groups is 4. The van der Waals surface area contributed by atoms with Crippen LogP contribution >= 0.6 is 0 Å². The van der Waals surface area contributed by atoms with Crippen LogP contribution in [0.2, 0.25) is 0 Å². The standard InChI is InChI=1S/C36H41N3O8/c1-23-9-8-12-26(40)11-5-3-4-10-25-21-29(41)34(35(44)33(25)36(45)47-23)28(24-14-16-27(46-2)17-15-24)22-32(43)38-20-18-31(42)39-30-13-6-7-19-37-30/h4,6-7,10,13-17,19,21,23,28,41,44H,3,5,8-9,11-12,18,20,22H2,1-2H3,(H,38,43)(H,37,39,42)/t23-,28?/m0/s1. The normalized spacial score (nSPS) is 16.3. The van der Waals surface area contributed by atoms with E-state index in [1.165, 1.54) is 13.2 Å². The molecule has 1 aliphatic heterocycles. The number of allylic oxidation sites excluding steroid dienone is 1. The van der Waals surface area contributed by atoms with Gasteiger partial charge in [-0.2, -0.15) is 0 Å². The second-order valence-electron chi connectivity index (χ2n) is 11.5. The lowest BCUT2D eigenvalue weighted by Gasteiger charge is -2.23. The Morgan fingerprint density at radius 1 is 1.06 bits per heavy atom. The van der Waals surface area contributed by atoms with Crippen LogP contribution in [0.3, 0.4) is 0 Å². The summed E-state index contributed by atoms with van der Waals surface area (Å²) in [6, 6.07) is 13.3. The lowest BCUT2D eigenvalue weighted by Crippen LogP contribution is -2.29. The summed E-state index contributed by atoms with van der Waals surface area (Å²) in [4.78, 5) is 55.3. The number of nitrogens with zero attached hydrogens (tertiary/aromatic N) is 1. The smallest absolute Gasteiger partial charge is 0.342 e. The van der Waals surface area contributed by atoms with Crippen LogP contribution in [-0.4, -0.2) is 58.5 Å². The van der Waals surface area contributed by atoms with E-state index in [2.05, 4.69) is 15.6 Å². The van der Waals surface area contributed by atoms with E-state index in [9.17, 15) is 29.4 Å². The second kappa shape index (κ2) is 16.9. The Balaban J connectivity index is 1.63. The maximum absolute atomic E-state index is 13.5. The molecule has 0 saturated carbocycles. The number of aromatic hydroxyl groups is 2. The number of cyclic esters (lactones) is 1. The van der Waals surface area contributed by atoms with Crippen LogP contribution in [0, 0.1) is 0 Å². The Morgan fingerprint density at radius 2 is 1.83 bits per heavy atom. The van der Waals surface area contributed by atoms with Gasteiger partial charge in [-0.25, -0.2) is 9.78 Å². The molecule has 1 aliphatic rings. The molecule has 47 heavy (non-hydrogen) atoms. The molecule has 248 valence electrons. The third-order valence-electron chi connectivity index (χ3n) is 7.91. The van der Waals surface area contributed by atoms with Crippen LogP contribution in [0.1, 0.15) is 91.3 Å². The van der Waals surface area contributed by atoms with Crippen molar-refractivity contribution in [1.82, 2.24) is 10.3 Å². The number of phenolic OH excluding ortho intramolecular Hbond substituents is 2. The number of ketones is 1. The highest BCUT2D eigenvalue weighted by Gasteiger charge is 2.31. The third-order valence-corrected chi connectivity index (χ3v) is 7.91. The van der Waals surface area contributed by atoms with Gasteiger partial charge in [0.2, 0.25) is 11.8 Å². The number of carbonyl (C=O) groups excluding carboxylic acids is 4. The first-order valence-corrected chi connectivity index (χ1v) is 15.8. The fraction of sp³-hybridized carbons (Fsp3) is 0.361. The molecule has 3 aromatic rings. The number of methoxy groups -OCH3 is 1. The van der Waals surface area contributed by atoms with Crippen molar-refractivity contribution in [3.05, 3.63) is 83.1 Å². The number of hydrogen-bond donors (Lipinski definition) is 4. The van der Waals surface area contributed by atoms with Gasteiger partial charge in [0.25, 0.3) is 0 Å². The molecule has 0 fully saturated rings. The van der Waals surface area contributed by atoms with Crippen LogP contribution in [0.5, 0.6) is 17.2 Å². The minimum absolute atomic E-state index is 0.00458. The van der Waals surface area contributed by atoms with E-state index in [0.717, 1.165) is 0 Å². The lowest BCUT2D eigenvalue weighted by atomic mass is 9.84. The Labute approximate surface area is 274 Å². The molecule has 11 nitrogen and oxygen atoms in total. The zero-order valence-electron chi connectivity index (χ0n) is 26.7. The number of rotatable bonds is 9. The number of pyridine rings is 1. The molecule has 1 aromatic heterocycles. The number of anilines is 1. The molecular weight excluding hydrogens is 602 g/mol. The van der Waals surface area contributed by atoms with Crippen LogP contribution in [0.15, 0.2) is 60.8 Å². The van der Waals surface area contributed by atoms with Crippen LogP contribution in [0.25, 0.3) is 6.08 Å². The van der Waals surface area contributed by atoms with Gasteiger partial charge >= 0.3 is 5.97 Å². The molecule has 0 saturated heterocycles. The molecule has 0 spiro atoms. The van der Waals surface area contributed by atoms with Crippen molar-refractivity contribution in [2.45, 2.75) is 70.3 Å². The van der Waals surface area contributed by atoms with E-state index in [0.29, 0.717) is 55.7 Å². The van der Waals surface area contributed by atoms with Crippen molar-refractivity contribution >= 4 is 35.5 Å². The predicted molar refractivity (Wildman–Crippen MR) is 176 cm³/mol. The van der Waals surface area contributed by atoms with Crippen LogP contribution in [-0.2, 0) is 19.1 Å². The number of ether oxygens (including phenoxy) is 2. The average Bonchev–Trinajstić information content (AvgIpc) is 3.04. The fourth-order valence-corrected chi connectivity index (χ4v) is 5.46. The SMILES string of the molecule is COc1ccc(C(CC(=O)NCCC(=O)Nc2ccccn2)c2c(O)cc3c(c2O)C(=O)O[C@@H](C)CCCC(=O)CCCC=C3)cc1. The van der Waals surface area contributed by atoms with E-state index >= 15 is 0 Å². The highest BCUT2D eigenvalue weighted by Crippen LogP contribution is 2.44. The van der Waals surface area contributed by atoms with Crippen molar-refractivity contribution < 1.29 is 38.9 Å². The summed E-state index contributed by atoms with van der Waals surface area (Å²) in [5, 5.41) is 28.4. The molecule has 0 radical (unpaired) electrons. The molecule has 2 heterocycles. The van der Waals surface area contributed by atoms with E-state index in [-0.39, 0.29) is 53.5 Å². The molecule has 0 aliphatic carbocycles. The number of nitrogens with one attached hydrogen (secondary N) is 2. The fourth-order valence-electron chi connectivity index (χ4n) is 5.46. The van der Waals surface area contributed by atoms with Crippen molar-refractivity contribution in [2.24, 2.45) is 0 Å². The molecule has 2 aromatic carbocycles. The summed E-state index contributed by atoms with van der Waals surface area (Å²) < 4.78 is 11.0. The van der Waals surface area contributed by atoms with Gasteiger partial charge in [-0.15, -0.1) is 0 Å². The van der Waals surface area contributed by atoms with E-state index in [4.69, 9.17) is 9.47 Å².